The average Bonchev–Trinajstić information content (AvgIpc) is 2.62. The lowest BCUT2D eigenvalue weighted by molar-refractivity contribution is 0.267. The number of aryl methyl sites for hydroxylation is 1. The molecule has 0 fully saturated rings. The number of ether oxygens (including phenoxy) is 2. The van der Waals surface area contributed by atoms with Crippen molar-refractivity contribution in [1.29, 1.82) is 0 Å². The largest absolute Gasteiger partial charge is 0.490 e. The molecule has 150 valence electrons. The molecule has 0 bridgehead atoms. The Morgan fingerprint density at radius 3 is 2.37 bits per heavy atom. The molecule has 1 N–H and O–H groups in total. The molecule has 0 aliphatic rings. The van der Waals surface area contributed by atoms with Crippen molar-refractivity contribution in [3.8, 4) is 11.5 Å². The van der Waals surface area contributed by atoms with Gasteiger partial charge >= 0.3 is 0 Å². The Morgan fingerprint density at radius 2 is 1.70 bits per heavy atom. The molecule has 0 aromatic heterocycles. The Bertz CT molecular complexity index is 677. The number of nitrogens with one attached hydrogen (secondary N) is 1. The van der Waals surface area contributed by atoms with Crippen molar-refractivity contribution in [2.24, 2.45) is 0 Å². The van der Waals surface area contributed by atoms with E-state index in [0.29, 0.717) is 13.2 Å². The Hall–Kier alpha value is -1.23. The molecule has 3 nitrogen and oxygen atoms in total. The average molecular weight is 457 g/mol. The summed E-state index contributed by atoms with van der Waals surface area (Å²) < 4.78 is 12.8. The van der Waals surface area contributed by atoms with Crippen LogP contribution in [0, 0.1) is 6.92 Å². The van der Waals surface area contributed by atoms with Crippen LogP contribution in [-0.2, 0) is 13.2 Å². The number of benzene rings is 2. The van der Waals surface area contributed by atoms with E-state index in [0.717, 1.165) is 34.6 Å². The summed E-state index contributed by atoms with van der Waals surface area (Å²) in [5.74, 6) is 1.56. The van der Waals surface area contributed by atoms with Crippen LogP contribution in [0.5, 0.6) is 11.5 Å². The van der Waals surface area contributed by atoms with Gasteiger partial charge in [-0.05, 0) is 66.0 Å². The highest BCUT2D eigenvalue weighted by Gasteiger charge is 2.12. The van der Waals surface area contributed by atoms with E-state index in [9.17, 15) is 0 Å². The first-order valence-electron chi connectivity index (χ1n) is 9.48. The maximum absolute atomic E-state index is 6.07. The lowest BCUT2D eigenvalue weighted by Crippen LogP contribution is -2.14. The van der Waals surface area contributed by atoms with Crippen molar-refractivity contribution in [1.82, 2.24) is 5.32 Å². The summed E-state index contributed by atoms with van der Waals surface area (Å²) >= 11 is 3.65. The fraction of sp³-hybridized carbons (Fsp3) is 0.455. The zero-order valence-corrected chi connectivity index (χ0v) is 18.9. The van der Waals surface area contributed by atoms with Gasteiger partial charge in [-0.15, -0.1) is 12.4 Å². The number of halogens is 2. The second-order valence-corrected chi connectivity index (χ2v) is 7.35. The van der Waals surface area contributed by atoms with E-state index in [-0.39, 0.29) is 12.4 Å². The molecule has 0 amide bonds. The molecule has 0 heterocycles. The van der Waals surface area contributed by atoms with Gasteiger partial charge in [0.2, 0.25) is 0 Å². The summed E-state index contributed by atoms with van der Waals surface area (Å²) in [6.07, 6.45) is 3.73. The standard InChI is InChI=1S/C22H30BrNO2.ClH/c1-4-6-7-12-24-15-19-13-20(23)22(21(14-19)25-5-2)26-16-18-10-8-17(3)9-11-18;/h8-11,13-14,24H,4-7,12,15-16H2,1-3H3;1H. The van der Waals surface area contributed by atoms with E-state index >= 15 is 0 Å². The van der Waals surface area contributed by atoms with E-state index in [4.69, 9.17) is 9.47 Å². The van der Waals surface area contributed by atoms with Gasteiger partial charge in [0.15, 0.2) is 11.5 Å². The summed E-state index contributed by atoms with van der Waals surface area (Å²) in [5, 5.41) is 3.50. The Kier molecular flexibility index (Phi) is 11.5. The number of rotatable bonds is 11. The van der Waals surface area contributed by atoms with Crippen molar-refractivity contribution in [3.05, 3.63) is 57.6 Å². The van der Waals surface area contributed by atoms with Gasteiger partial charge in [-0.2, -0.15) is 0 Å². The number of hydrogen-bond donors (Lipinski definition) is 1. The highest BCUT2D eigenvalue weighted by atomic mass is 79.9. The monoisotopic (exact) mass is 455 g/mol. The van der Waals surface area contributed by atoms with Crippen LogP contribution in [0.2, 0.25) is 0 Å². The summed E-state index contributed by atoms with van der Waals surface area (Å²) in [6.45, 7) is 9.31. The molecule has 27 heavy (non-hydrogen) atoms. The van der Waals surface area contributed by atoms with Crippen molar-refractivity contribution < 1.29 is 9.47 Å². The van der Waals surface area contributed by atoms with Crippen LogP contribution in [0.1, 0.15) is 49.8 Å². The highest BCUT2D eigenvalue weighted by Crippen LogP contribution is 2.37. The van der Waals surface area contributed by atoms with Gasteiger partial charge in [0.25, 0.3) is 0 Å². The van der Waals surface area contributed by atoms with Gasteiger partial charge in [0.1, 0.15) is 6.61 Å². The number of unbranched alkanes of at least 4 members (excludes halogenated alkanes) is 2. The second kappa shape index (κ2) is 13.0. The Balaban J connectivity index is 0.00000364. The van der Waals surface area contributed by atoms with Crippen LogP contribution in [0.3, 0.4) is 0 Å². The third kappa shape index (κ3) is 8.12. The summed E-state index contributed by atoms with van der Waals surface area (Å²) in [7, 11) is 0. The SMILES string of the molecule is CCCCCNCc1cc(Br)c(OCc2ccc(C)cc2)c(OCC)c1.Cl. The molecule has 2 rings (SSSR count). The molecule has 0 atom stereocenters. The lowest BCUT2D eigenvalue weighted by Gasteiger charge is -2.16. The van der Waals surface area contributed by atoms with Crippen molar-refractivity contribution in [3.63, 3.8) is 0 Å². The molecule has 0 saturated carbocycles. The van der Waals surface area contributed by atoms with Gasteiger partial charge < -0.3 is 14.8 Å². The molecule has 5 heteroatoms. The normalized spacial score (nSPS) is 10.4. The van der Waals surface area contributed by atoms with Crippen molar-refractivity contribution in [2.45, 2.75) is 53.2 Å². The van der Waals surface area contributed by atoms with Crippen LogP contribution in [0.4, 0.5) is 0 Å². The van der Waals surface area contributed by atoms with Gasteiger partial charge in [0, 0.05) is 6.54 Å². The van der Waals surface area contributed by atoms with Crippen molar-refractivity contribution in [2.75, 3.05) is 13.2 Å². The fourth-order valence-corrected chi connectivity index (χ4v) is 3.30. The molecule has 0 unspecified atom stereocenters. The zero-order chi connectivity index (χ0) is 18.8. The van der Waals surface area contributed by atoms with Crippen LogP contribution in [0.15, 0.2) is 40.9 Å². The molecule has 2 aromatic carbocycles. The van der Waals surface area contributed by atoms with Gasteiger partial charge in [-0.1, -0.05) is 49.6 Å². The fourth-order valence-electron chi connectivity index (χ4n) is 2.70. The third-order valence-electron chi connectivity index (χ3n) is 4.16. The molecule has 0 spiro atoms. The molecule has 0 aliphatic carbocycles. The molecular weight excluding hydrogens is 426 g/mol. The maximum Gasteiger partial charge on any atom is 0.175 e. The van der Waals surface area contributed by atoms with Gasteiger partial charge in [0.05, 0.1) is 11.1 Å². The topological polar surface area (TPSA) is 30.5 Å². The van der Waals surface area contributed by atoms with E-state index in [1.807, 2.05) is 6.92 Å². The molecular formula is C22H31BrClNO2. The van der Waals surface area contributed by atoms with Crippen LogP contribution >= 0.6 is 28.3 Å². The quantitative estimate of drug-likeness (QED) is 0.395. The minimum atomic E-state index is 0. The summed E-state index contributed by atoms with van der Waals surface area (Å²) in [5.41, 5.74) is 3.59. The first kappa shape index (κ1) is 23.8. The first-order valence-corrected chi connectivity index (χ1v) is 10.3. The second-order valence-electron chi connectivity index (χ2n) is 6.50. The van der Waals surface area contributed by atoms with Crippen LogP contribution < -0.4 is 14.8 Å². The zero-order valence-electron chi connectivity index (χ0n) is 16.5. The first-order chi connectivity index (χ1) is 12.6. The molecule has 0 saturated heterocycles. The van der Waals surface area contributed by atoms with E-state index in [1.54, 1.807) is 0 Å². The van der Waals surface area contributed by atoms with E-state index < -0.39 is 0 Å². The summed E-state index contributed by atoms with van der Waals surface area (Å²) in [6, 6.07) is 12.6. The molecule has 2 aromatic rings. The minimum absolute atomic E-state index is 0. The Morgan fingerprint density at radius 1 is 0.963 bits per heavy atom. The van der Waals surface area contributed by atoms with Gasteiger partial charge in [-0.25, -0.2) is 0 Å². The van der Waals surface area contributed by atoms with E-state index in [1.165, 1.54) is 30.4 Å². The predicted octanol–water partition coefficient (Wildman–Crippen LogP) is 6.44. The van der Waals surface area contributed by atoms with E-state index in [2.05, 4.69) is 71.5 Å². The third-order valence-corrected chi connectivity index (χ3v) is 4.75. The maximum atomic E-state index is 6.07. The van der Waals surface area contributed by atoms with Crippen LogP contribution in [0.25, 0.3) is 0 Å². The summed E-state index contributed by atoms with van der Waals surface area (Å²) in [4.78, 5) is 0. The lowest BCUT2D eigenvalue weighted by atomic mass is 10.1. The predicted molar refractivity (Wildman–Crippen MR) is 119 cm³/mol. The Labute approximate surface area is 178 Å². The number of hydrogen-bond acceptors (Lipinski definition) is 3. The van der Waals surface area contributed by atoms with Gasteiger partial charge in [-0.3, -0.25) is 0 Å². The molecule has 0 aliphatic heterocycles. The molecule has 0 radical (unpaired) electrons. The highest BCUT2D eigenvalue weighted by molar-refractivity contribution is 9.10. The van der Waals surface area contributed by atoms with Crippen molar-refractivity contribution >= 4 is 28.3 Å². The minimum Gasteiger partial charge on any atom is -0.490 e. The van der Waals surface area contributed by atoms with Crippen LogP contribution in [-0.4, -0.2) is 13.2 Å². The smallest absolute Gasteiger partial charge is 0.175 e.